The molecule has 3 rings (SSSR count). The van der Waals surface area contributed by atoms with E-state index < -0.39 is 6.04 Å². The van der Waals surface area contributed by atoms with Crippen molar-refractivity contribution in [3.8, 4) is 0 Å². The number of amidine groups is 1. The van der Waals surface area contributed by atoms with E-state index in [1.807, 2.05) is 18.2 Å². The molecule has 0 spiro atoms. The van der Waals surface area contributed by atoms with Crippen molar-refractivity contribution in [2.24, 2.45) is 5.73 Å². The third-order valence-electron chi connectivity index (χ3n) is 3.97. The van der Waals surface area contributed by atoms with Gasteiger partial charge in [0, 0.05) is 17.7 Å². The number of amides is 2. The van der Waals surface area contributed by atoms with Crippen LogP contribution in [0.15, 0.2) is 54.6 Å². The lowest BCUT2D eigenvalue weighted by molar-refractivity contribution is -0.144. The zero-order valence-corrected chi connectivity index (χ0v) is 13.0. The van der Waals surface area contributed by atoms with Gasteiger partial charge in [0.2, 0.25) is 5.91 Å². The monoisotopic (exact) mass is 322 g/mol. The first-order chi connectivity index (χ1) is 11.5. The van der Waals surface area contributed by atoms with Crippen molar-refractivity contribution in [2.45, 2.75) is 12.6 Å². The SMILES string of the molecule is N=C(N)c1cccc(CN2C[C@H](NC(=O)c3ccccc3)C2=O)c1. The Labute approximate surface area is 139 Å². The van der Waals surface area contributed by atoms with Crippen molar-refractivity contribution in [2.75, 3.05) is 6.54 Å². The molecule has 122 valence electrons. The van der Waals surface area contributed by atoms with Crippen molar-refractivity contribution in [1.82, 2.24) is 10.2 Å². The summed E-state index contributed by atoms with van der Waals surface area (Å²) >= 11 is 0. The number of nitrogens with two attached hydrogens (primary N) is 1. The Hall–Kier alpha value is -3.15. The van der Waals surface area contributed by atoms with E-state index >= 15 is 0 Å². The summed E-state index contributed by atoms with van der Waals surface area (Å²) in [5.41, 5.74) is 7.55. The van der Waals surface area contributed by atoms with Crippen LogP contribution in [0.2, 0.25) is 0 Å². The van der Waals surface area contributed by atoms with Gasteiger partial charge in [-0.05, 0) is 23.8 Å². The van der Waals surface area contributed by atoms with Crippen molar-refractivity contribution in [3.63, 3.8) is 0 Å². The van der Waals surface area contributed by atoms with E-state index in [1.54, 1.807) is 41.3 Å². The molecule has 0 bridgehead atoms. The predicted molar refractivity (Wildman–Crippen MR) is 90.6 cm³/mol. The van der Waals surface area contributed by atoms with E-state index in [2.05, 4.69) is 5.32 Å². The van der Waals surface area contributed by atoms with Crippen LogP contribution in [-0.2, 0) is 11.3 Å². The van der Waals surface area contributed by atoms with Gasteiger partial charge < -0.3 is 16.0 Å². The molecule has 0 aliphatic carbocycles. The topological polar surface area (TPSA) is 99.3 Å². The summed E-state index contributed by atoms with van der Waals surface area (Å²) in [5, 5.41) is 10.2. The highest BCUT2D eigenvalue weighted by molar-refractivity contribution is 5.99. The number of hydrogen-bond acceptors (Lipinski definition) is 3. The molecule has 1 aliphatic heterocycles. The predicted octanol–water partition coefficient (Wildman–Crippen LogP) is 1.11. The lowest BCUT2D eigenvalue weighted by Gasteiger charge is -2.38. The minimum atomic E-state index is -0.478. The normalized spacial score (nSPS) is 16.4. The van der Waals surface area contributed by atoms with Gasteiger partial charge in [-0.15, -0.1) is 0 Å². The van der Waals surface area contributed by atoms with Gasteiger partial charge in [-0.2, -0.15) is 0 Å². The number of carbonyl (C=O) groups is 2. The van der Waals surface area contributed by atoms with Gasteiger partial charge in [0.25, 0.3) is 5.91 Å². The lowest BCUT2D eigenvalue weighted by atomic mass is 10.0. The molecule has 24 heavy (non-hydrogen) atoms. The second-order valence-corrected chi connectivity index (χ2v) is 5.72. The molecule has 0 unspecified atom stereocenters. The quantitative estimate of drug-likeness (QED) is 0.437. The Kier molecular flexibility index (Phi) is 4.29. The first-order valence-corrected chi connectivity index (χ1v) is 7.62. The first kappa shape index (κ1) is 15.7. The summed E-state index contributed by atoms with van der Waals surface area (Å²) in [6, 6.07) is 15.6. The molecule has 6 heteroatoms. The van der Waals surface area contributed by atoms with E-state index in [0.717, 1.165) is 5.56 Å². The van der Waals surface area contributed by atoms with Crippen molar-refractivity contribution in [3.05, 3.63) is 71.3 Å². The van der Waals surface area contributed by atoms with Crippen LogP contribution in [0.5, 0.6) is 0 Å². The van der Waals surface area contributed by atoms with E-state index in [-0.39, 0.29) is 17.6 Å². The number of nitrogen functional groups attached to an aromatic ring is 1. The van der Waals surface area contributed by atoms with Gasteiger partial charge in [-0.3, -0.25) is 15.0 Å². The van der Waals surface area contributed by atoms with Crippen molar-refractivity contribution < 1.29 is 9.59 Å². The molecule has 2 aromatic carbocycles. The maximum absolute atomic E-state index is 12.2. The highest BCUT2D eigenvalue weighted by Crippen LogP contribution is 2.16. The van der Waals surface area contributed by atoms with Gasteiger partial charge in [0.05, 0.1) is 6.54 Å². The number of benzene rings is 2. The van der Waals surface area contributed by atoms with Crippen LogP contribution in [0.3, 0.4) is 0 Å². The van der Waals surface area contributed by atoms with Crippen molar-refractivity contribution >= 4 is 17.6 Å². The summed E-state index contributed by atoms with van der Waals surface area (Å²) in [6.45, 7) is 0.916. The van der Waals surface area contributed by atoms with E-state index in [9.17, 15) is 9.59 Å². The molecular weight excluding hydrogens is 304 g/mol. The van der Waals surface area contributed by atoms with E-state index in [1.165, 1.54) is 0 Å². The van der Waals surface area contributed by atoms with Crippen molar-refractivity contribution in [1.29, 1.82) is 5.41 Å². The van der Waals surface area contributed by atoms with Crippen LogP contribution in [-0.4, -0.2) is 35.1 Å². The van der Waals surface area contributed by atoms with Gasteiger partial charge >= 0.3 is 0 Å². The van der Waals surface area contributed by atoms with Crippen LogP contribution >= 0.6 is 0 Å². The second kappa shape index (κ2) is 6.54. The number of carbonyl (C=O) groups excluding carboxylic acids is 2. The Morgan fingerprint density at radius 3 is 2.54 bits per heavy atom. The zero-order chi connectivity index (χ0) is 17.1. The van der Waals surface area contributed by atoms with Gasteiger partial charge in [0.15, 0.2) is 0 Å². The highest BCUT2D eigenvalue weighted by atomic mass is 16.2. The second-order valence-electron chi connectivity index (χ2n) is 5.72. The largest absolute Gasteiger partial charge is 0.384 e. The average molecular weight is 322 g/mol. The number of nitrogens with one attached hydrogen (secondary N) is 2. The molecular formula is C18H18N4O2. The minimum Gasteiger partial charge on any atom is -0.384 e. The fourth-order valence-corrected chi connectivity index (χ4v) is 2.63. The molecule has 1 atom stereocenters. The maximum Gasteiger partial charge on any atom is 0.251 e. The molecule has 2 aromatic rings. The number of β-lactam (4-membered cyclic amide) rings is 1. The van der Waals surface area contributed by atoms with E-state index in [0.29, 0.717) is 24.2 Å². The fraction of sp³-hybridized carbons (Fsp3) is 0.167. The Balaban J connectivity index is 1.57. The van der Waals surface area contributed by atoms with Gasteiger partial charge in [0.1, 0.15) is 11.9 Å². The van der Waals surface area contributed by atoms with Crippen LogP contribution in [0.1, 0.15) is 21.5 Å². The molecule has 2 amide bonds. The minimum absolute atomic E-state index is 0.000197. The van der Waals surface area contributed by atoms with Crippen LogP contribution in [0, 0.1) is 5.41 Å². The standard InChI is InChI=1S/C18H18N4O2/c19-16(20)14-8-4-5-12(9-14)10-22-11-15(18(22)24)21-17(23)13-6-2-1-3-7-13/h1-9,15H,10-11H2,(H3,19,20)(H,21,23)/t15-/m0/s1. The van der Waals surface area contributed by atoms with Crippen LogP contribution in [0.4, 0.5) is 0 Å². The van der Waals surface area contributed by atoms with Crippen LogP contribution < -0.4 is 11.1 Å². The Bertz CT molecular complexity index is 789. The zero-order valence-electron chi connectivity index (χ0n) is 13.0. The smallest absolute Gasteiger partial charge is 0.251 e. The molecule has 6 nitrogen and oxygen atoms in total. The molecule has 0 aromatic heterocycles. The molecule has 1 fully saturated rings. The highest BCUT2D eigenvalue weighted by Gasteiger charge is 2.37. The summed E-state index contributed by atoms with van der Waals surface area (Å²) in [4.78, 5) is 25.9. The Morgan fingerprint density at radius 2 is 1.88 bits per heavy atom. The fourth-order valence-electron chi connectivity index (χ4n) is 2.63. The average Bonchev–Trinajstić information content (AvgIpc) is 2.61. The third-order valence-corrected chi connectivity index (χ3v) is 3.97. The number of hydrogen-bond donors (Lipinski definition) is 3. The summed E-state index contributed by atoms with van der Waals surface area (Å²) in [6.07, 6.45) is 0. The number of rotatable bonds is 5. The van der Waals surface area contributed by atoms with E-state index in [4.69, 9.17) is 11.1 Å². The Morgan fingerprint density at radius 1 is 1.17 bits per heavy atom. The van der Waals surface area contributed by atoms with Gasteiger partial charge in [-0.1, -0.05) is 36.4 Å². The number of nitrogens with zero attached hydrogens (tertiary/aromatic N) is 1. The maximum atomic E-state index is 12.2. The molecule has 1 saturated heterocycles. The summed E-state index contributed by atoms with van der Waals surface area (Å²) in [7, 11) is 0. The molecule has 4 N–H and O–H groups in total. The third kappa shape index (κ3) is 3.27. The van der Waals surface area contributed by atoms with Crippen LogP contribution in [0.25, 0.3) is 0 Å². The van der Waals surface area contributed by atoms with Gasteiger partial charge in [-0.25, -0.2) is 0 Å². The summed E-state index contributed by atoms with van der Waals surface area (Å²) < 4.78 is 0. The first-order valence-electron chi connectivity index (χ1n) is 7.62. The molecule has 0 saturated carbocycles. The molecule has 1 heterocycles. The molecule has 0 radical (unpaired) electrons. The summed E-state index contributed by atoms with van der Waals surface area (Å²) in [5.74, 6) is -0.348. The number of likely N-dealkylation sites (tertiary alicyclic amines) is 1. The molecule has 1 aliphatic rings. The lowest BCUT2D eigenvalue weighted by Crippen LogP contribution is -2.63.